The van der Waals surface area contributed by atoms with Gasteiger partial charge in [0.15, 0.2) is 0 Å². The number of nitrogens with one attached hydrogen (secondary N) is 1. The quantitative estimate of drug-likeness (QED) is 0.700. The standard InChI is InChI=1S/C11H23N3O/c1-8(2)4-5-14-9(3)7-13-11(15)10(14)6-12/h8-10H,4-7,12H2,1-3H3,(H,13,15). The number of rotatable bonds is 4. The summed E-state index contributed by atoms with van der Waals surface area (Å²) in [5.74, 6) is 0.750. The Bertz CT molecular complexity index is 218. The van der Waals surface area contributed by atoms with Crippen molar-refractivity contribution in [3.8, 4) is 0 Å². The third kappa shape index (κ3) is 3.18. The molecule has 1 saturated heterocycles. The Morgan fingerprint density at radius 1 is 1.60 bits per heavy atom. The Morgan fingerprint density at radius 3 is 2.80 bits per heavy atom. The second-order valence-electron chi connectivity index (χ2n) is 4.77. The van der Waals surface area contributed by atoms with Crippen LogP contribution < -0.4 is 11.1 Å². The first-order chi connectivity index (χ1) is 7.06. The molecule has 0 bridgehead atoms. The maximum Gasteiger partial charge on any atom is 0.238 e. The summed E-state index contributed by atoms with van der Waals surface area (Å²) in [5.41, 5.74) is 5.65. The van der Waals surface area contributed by atoms with Gasteiger partial charge in [0.05, 0.1) is 0 Å². The van der Waals surface area contributed by atoms with Gasteiger partial charge < -0.3 is 11.1 Å². The zero-order valence-corrected chi connectivity index (χ0v) is 9.99. The molecule has 88 valence electrons. The number of nitrogens with two attached hydrogens (primary N) is 1. The van der Waals surface area contributed by atoms with Crippen molar-refractivity contribution < 1.29 is 4.79 Å². The molecule has 4 nitrogen and oxygen atoms in total. The number of carbonyl (C=O) groups is 1. The first kappa shape index (κ1) is 12.5. The van der Waals surface area contributed by atoms with Crippen LogP contribution in [0.25, 0.3) is 0 Å². The zero-order valence-electron chi connectivity index (χ0n) is 9.99. The van der Waals surface area contributed by atoms with Crippen LogP contribution in [0.3, 0.4) is 0 Å². The molecular formula is C11H23N3O. The van der Waals surface area contributed by atoms with Crippen molar-refractivity contribution in [3.05, 3.63) is 0 Å². The highest BCUT2D eigenvalue weighted by Crippen LogP contribution is 2.13. The van der Waals surface area contributed by atoms with Crippen LogP contribution in [0.2, 0.25) is 0 Å². The molecule has 0 radical (unpaired) electrons. The molecule has 2 unspecified atom stereocenters. The van der Waals surface area contributed by atoms with Gasteiger partial charge in [0.2, 0.25) is 5.91 Å². The van der Waals surface area contributed by atoms with E-state index < -0.39 is 0 Å². The van der Waals surface area contributed by atoms with Gasteiger partial charge in [0.25, 0.3) is 0 Å². The summed E-state index contributed by atoms with van der Waals surface area (Å²) in [6.07, 6.45) is 1.12. The number of hydrogen-bond donors (Lipinski definition) is 2. The van der Waals surface area contributed by atoms with E-state index in [1.165, 1.54) is 0 Å². The van der Waals surface area contributed by atoms with Crippen molar-refractivity contribution in [2.24, 2.45) is 11.7 Å². The average Bonchev–Trinajstić information content (AvgIpc) is 2.19. The van der Waals surface area contributed by atoms with E-state index in [0.717, 1.165) is 19.5 Å². The minimum atomic E-state index is -0.132. The molecule has 2 atom stereocenters. The van der Waals surface area contributed by atoms with E-state index in [4.69, 9.17) is 5.73 Å². The number of carbonyl (C=O) groups excluding carboxylic acids is 1. The molecule has 1 fully saturated rings. The van der Waals surface area contributed by atoms with Crippen molar-refractivity contribution in [2.75, 3.05) is 19.6 Å². The highest BCUT2D eigenvalue weighted by atomic mass is 16.2. The fraction of sp³-hybridized carbons (Fsp3) is 0.909. The van der Waals surface area contributed by atoms with Crippen LogP contribution in [0.5, 0.6) is 0 Å². The molecule has 15 heavy (non-hydrogen) atoms. The highest BCUT2D eigenvalue weighted by Gasteiger charge is 2.32. The molecule has 0 aliphatic carbocycles. The predicted octanol–water partition coefficient (Wildman–Crippen LogP) is 0.180. The van der Waals surface area contributed by atoms with Crippen molar-refractivity contribution in [2.45, 2.75) is 39.3 Å². The third-order valence-electron chi connectivity index (χ3n) is 3.03. The van der Waals surface area contributed by atoms with E-state index in [2.05, 4.69) is 31.0 Å². The Morgan fingerprint density at radius 2 is 2.27 bits per heavy atom. The van der Waals surface area contributed by atoms with E-state index in [-0.39, 0.29) is 11.9 Å². The van der Waals surface area contributed by atoms with Gasteiger partial charge in [-0.1, -0.05) is 13.8 Å². The van der Waals surface area contributed by atoms with Crippen LogP contribution in [0, 0.1) is 5.92 Å². The number of nitrogens with zero attached hydrogens (tertiary/aromatic N) is 1. The Balaban J connectivity index is 2.58. The smallest absolute Gasteiger partial charge is 0.238 e. The molecule has 0 saturated carbocycles. The Kier molecular flexibility index (Phi) is 4.54. The lowest BCUT2D eigenvalue weighted by Crippen LogP contribution is -2.62. The van der Waals surface area contributed by atoms with Crippen LogP contribution in [0.15, 0.2) is 0 Å². The Labute approximate surface area is 92.2 Å². The average molecular weight is 213 g/mol. The normalized spacial score (nSPS) is 28.2. The molecule has 1 rings (SSSR count). The van der Waals surface area contributed by atoms with E-state index in [1.807, 2.05) is 0 Å². The molecular weight excluding hydrogens is 190 g/mol. The molecule has 4 heteroatoms. The number of amides is 1. The molecule has 0 aromatic rings. The molecule has 0 spiro atoms. The summed E-state index contributed by atoms with van der Waals surface area (Å²) in [5, 5.41) is 2.89. The third-order valence-corrected chi connectivity index (χ3v) is 3.03. The SMILES string of the molecule is CC(C)CCN1C(C)CNC(=O)C1CN. The van der Waals surface area contributed by atoms with Crippen molar-refractivity contribution >= 4 is 5.91 Å². The summed E-state index contributed by atoms with van der Waals surface area (Å²) < 4.78 is 0. The lowest BCUT2D eigenvalue weighted by atomic mass is 10.0. The summed E-state index contributed by atoms with van der Waals surface area (Å²) in [6.45, 7) is 8.66. The molecule has 0 aromatic carbocycles. The van der Waals surface area contributed by atoms with Gasteiger partial charge in [0.1, 0.15) is 6.04 Å². The van der Waals surface area contributed by atoms with Gasteiger partial charge in [-0.2, -0.15) is 0 Å². The van der Waals surface area contributed by atoms with Gasteiger partial charge in [-0.25, -0.2) is 0 Å². The largest absolute Gasteiger partial charge is 0.353 e. The van der Waals surface area contributed by atoms with Crippen LogP contribution in [0.1, 0.15) is 27.2 Å². The van der Waals surface area contributed by atoms with Gasteiger partial charge in [-0.3, -0.25) is 9.69 Å². The molecule has 1 aliphatic heterocycles. The lowest BCUT2D eigenvalue weighted by Gasteiger charge is -2.39. The summed E-state index contributed by atoms with van der Waals surface area (Å²) in [7, 11) is 0. The fourth-order valence-corrected chi connectivity index (χ4v) is 1.97. The first-order valence-corrected chi connectivity index (χ1v) is 5.79. The number of piperazine rings is 1. The minimum absolute atomic E-state index is 0.0827. The van der Waals surface area contributed by atoms with E-state index in [1.54, 1.807) is 0 Å². The monoisotopic (exact) mass is 213 g/mol. The molecule has 1 amide bonds. The maximum atomic E-state index is 11.6. The van der Waals surface area contributed by atoms with Gasteiger partial charge in [-0.15, -0.1) is 0 Å². The van der Waals surface area contributed by atoms with E-state index >= 15 is 0 Å². The molecule has 3 N–H and O–H groups in total. The summed E-state index contributed by atoms with van der Waals surface area (Å²) in [4.78, 5) is 13.8. The zero-order chi connectivity index (χ0) is 11.4. The van der Waals surface area contributed by atoms with Crippen molar-refractivity contribution in [1.82, 2.24) is 10.2 Å². The lowest BCUT2D eigenvalue weighted by molar-refractivity contribution is -0.130. The summed E-state index contributed by atoms with van der Waals surface area (Å²) >= 11 is 0. The molecule has 1 aliphatic rings. The summed E-state index contributed by atoms with van der Waals surface area (Å²) in [6, 6.07) is 0.266. The second kappa shape index (κ2) is 5.47. The Hall–Kier alpha value is -0.610. The van der Waals surface area contributed by atoms with E-state index in [9.17, 15) is 4.79 Å². The van der Waals surface area contributed by atoms with Crippen molar-refractivity contribution in [3.63, 3.8) is 0 Å². The van der Waals surface area contributed by atoms with Gasteiger partial charge >= 0.3 is 0 Å². The topological polar surface area (TPSA) is 58.4 Å². The molecule has 1 heterocycles. The van der Waals surface area contributed by atoms with Crippen LogP contribution in [0.4, 0.5) is 0 Å². The van der Waals surface area contributed by atoms with Gasteiger partial charge in [0, 0.05) is 19.1 Å². The minimum Gasteiger partial charge on any atom is -0.353 e. The van der Waals surface area contributed by atoms with Crippen LogP contribution in [-0.2, 0) is 4.79 Å². The second-order valence-corrected chi connectivity index (χ2v) is 4.77. The van der Waals surface area contributed by atoms with Crippen molar-refractivity contribution in [1.29, 1.82) is 0 Å². The predicted molar refractivity (Wildman–Crippen MR) is 61.5 cm³/mol. The fourth-order valence-electron chi connectivity index (χ4n) is 1.97. The highest BCUT2D eigenvalue weighted by molar-refractivity contribution is 5.82. The maximum absolute atomic E-state index is 11.6. The molecule has 0 aromatic heterocycles. The first-order valence-electron chi connectivity index (χ1n) is 5.79. The number of hydrogen-bond acceptors (Lipinski definition) is 3. The van der Waals surface area contributed by atoms with Gasteiger partial charge in [-0.05, 0) is 25.8 Å². The van der Waals surface area contributed by atoms with E-state index in [0.29, 0.717) is 18.5 Å². The van der Waals surface area contributed by atoms with Crippen LogP contribution in [-0.4, -0.2) is 42.5 Å². The van der Waals surface area contributed by atoms with Crippen LogP contribution >= 0.6 is 0 Å².